The number of amides is 2. The Kier molecular flexibility index (Phi) is 6.49. The number of hydrogen-bond acceptors (Lipinski definition) is 7. The van der Waals surface area contributed by atoms with Crippen molar-refractivity contribution >= 4 is 29.2 Å². The number of anilines is 1. The molecule has 2 amide bonds. The highest BCUT2D eigenvalue weighted by Gasteiger charge is 2.42. The summed E-state index contributed by atoms with van der Waals surface area (Å²) in [6.07, 6.45) is 1.25. The predicted octanol–water partition coefficient (Wildman–Crippen LogP) is 3.09. The number of fused-ring (bicyclic) bond motifs is 2. The number of ether oxygens (including phenoxy) is 2. The topological polar surface area (TPSA) is 95.4 Å². The van der Waals surface area contributed by atoms with Crippen LogP contribution in [0.15, 0.2) is 30.9 Å². The fourth-order valence-corrected chi connectivity index (χ4v) is 5.40. The van der Waals surface area contributed by atoms with Gasteiger partial charge in [0, 0.05) is 32.7 Å². The minimum Gasteiger partial charge on any atom is -0.507 e. The van der Waals surface area contributed by atoms with E-state index < -0.39 is 17.5 Å². The molecule has 0 saturated carbocycles. The number of carbonyl (C=O) groups excluding carboxylic acids is 2. The number of phenols is 1. The molecule has 196 valence electrons. The third-order valence-corrected chi connectivity index (χ3v) is 7.24. The number of piperazine rings is 1. The van der Waals surface area contributed by atoms with Crippen LogP contribution in [0.3, 0.4) is 0 Å². The van der Waals surface area contributed by atoms with Gasteiger partial charge in [0.2, 0.25) is 5.91 Å². The Balaban J connectivity index is 1.67. The van der Waals surface area contributed by atoms with Crippen molar-refractivity contribution in [2.75, 3.05) is 50.8 Å². The van der Waals surface area contributed by atoms with Crippen LogP contribution in [0.1, 0.15) is 24.2 Å². The van der Waals surface area contributed by atoms with Crippen molar-refractivity contribution < 1.29 is 28.6 Å². The van der Waals surface area contributed by atoms with E-state index >= 15 is 0 Å². The molecule has 1 N–H and O–H groups in total. The van der Waals surface area contributed by atoms with Crippen LogP contribution in [0, 0.1) is 5.82 Å². The molecule has 1 aromatic heterocycles. The monoisotopic (exact) mass is 530 g/mol. The van der Waals surface area contributed by atoms with E-state index in [1.54, 1.807) is 9.80 Å². The summed E-state index contributed by atoms with van der Waals surface area (Å²) in [7, 11) is 0. The summed E-state index contributed by atoms with van der Waals surface area (Å²) < 4.78 is 26.9. The fraction of sp³-hybridized carbons (Fsp3) is 0.423. The Morgan fingerprint density at radius 1 is 1.30 bits per heavy atom. The van der Waals surface area contributed by atoms with E-state index in [1.165, 1.54) is 24.3 Å². The van der Waals surface area contributed by atoms with Crippen molar-refractivity contribution in [2.24, 2.45) is 0 Å². The molecular weight excluding hydrogens is 503 g/mol. The Morgan fingerprint density at radius 2 is 2.08 bits per heavy atom. The third kappa shape index (κ3) is 4.48. The molecule has 5 rings (SSSR count). The summed E-state index contributed by atoms with van der Waals surface area (Å²) in [6, 6.07) is 3.50. The minimum atomic E-state index is -0.710. The third-order valence-electron chi connectivity index (χ3n) is 6.89. The van der Waals surface area contributed by atoms with Crippen LogP contribution < -0.4 is 9.64 Å². The molecule has 2 aromatic rings. The lowest BCUT2D eigenvalue weighted by atomic mass is 10.0. The first-order valence-corrected chi connectivity index (χ1v) is 12.4. The summed E-state index contributed by atoms with van der Waals surface area (Å²) in [4.78, 5) is 36.1. The highest BCUT2D eigenvalue weighted by atomic mass is 35.5. The Labute approximate surface area is 219 Å². The number of aromatic nitrogens is 1. The molecule has 9 nitrogen and oxygen atoms in total. The molecule has 2 fully saturated rings. The van der Waals surface area contributed by atoms with Crippen molar-refractivity contribution in [2.45, 2.75) is 25.5 Å². The van der Waals surface area contributed by atoms with E-state index in [1.807, 2.05) is 18.7 Å². The van der Waals surface area contributed by atoms with Gasteiger partial charge < -0.3 is 29.3 Å². The molecule has 37 heavy (non-hydrogen) atoms. The molecule has 11 heteroatoms. The normalized spacial score (nSPS) is 21.0. The van der Waals surface area contributed by atoms with Gasteiger partial charge >= 0.3 is 0 Å². The number of benzene rings is 1. The highest BCUT2D eigenvalue weighted by molar-refractivity contribution is 6.35. The maximum Gasteiger partial charge on any atom is 0.261 e. The molecule has 0 aliphatic carbocycles. The number of halogens is 2. The molecular formula is C26H28ClFN4O5. The van der Waals surface area contributed by atoms with Crippen molar-refractivity contribution in [1.29, 1.82) is 0 Å². The molecule has 0 radical (unpaired) electrons. The molecule has 0 spiro atoms. The van der Waals surface area contributed by atoms with Gasteiger partial charge in [0.1, 0.15) is 40.3 Å². The first-order valence-electron chi connectivity index (χ1n) is 12.1. The van der Waals surface area contributed by atoms with Crippen LogP contribution in [-0.2, 0) is 9.53 Å². The van der Waals surface area contributed by atoms with Gasteiger partial charge in [-0.1, -0.05) is 24.2 Å². The number of rotatable bonds is 3. The molecule has 3 aliphatic heterocycles. The van der Waals surface area contributed by atoms with Crippen LogP contribution in [0.5, 0.6) is 11.5 Å². The van der Waals surface area contributed by atoms with Crippen LogP contribution >= 0.6 is 11.6 Å². The first kappa shape index (κ1) is 25.3. The number of phenolic OH excluding ortho intramolecular Hbond substituents is 1. The zero-order chi connectivity index (χ0) is 26.5. The van der Waals surface area contributed by atoms with Gasteiger partial charge in [-0.05, 0) is 32.1 Å². The van der Waals surface area contributed by atoms with Gasteiger partial charge in [-0.15, -0.1) is 0 Å². The van der Waals surface area contributed by atoms with Gasteiger partial charge in [-0.25, -0.2) is 9.37 Å². The van der Waals surface area contributed by atoms with Crippen molar-refractivity contribution in [3.8, 4) is 22.8 Å². The van der Waals surface area contributed by atoms with Crippen LogP contribution in [-0.4, -0.2) is 89.3 Å². The summed E-state index contributed by atoms with van der Waals surface area (Å²) in [5.41, 5.74) is -0.551. The maximum atomic E-state index is 14.9. The van der Waals surface area contributed by atoms with E-state index in [4.69, 9.17) is 21.1 Å². The molecule has 0 bridgehead atoms. The number of morpholine rings is 1. The van der Waals surface area contributed by atoms with Crippen molar-refractivity contribution in [1.82, 2.24) is 14.8 Å². The summed E-state index contributed by atoms with van der Waals surface area (Å²) in [5.74, 6) is -1.24. The van der Waals surface area contributed by atoms with E-state index in [9.17, 15) is 19.1 Å². The van der Waals surface area contributed by atoms with E-state index in [-0.39, 0.29) is 64.1 Å². The lowest BCUT2D eigenvalue weighted by molar-refractivity contribution is -0.128. The van der Waals surface area contributed by atoms with Gasteiger partial charge in [0.05, 0.1) is 23.8 Å². The van der Waals surface area contributed by atoms with E-state index in [2.05, 4.69) is 11.6 Å². The van der Waals surface area contributed by atoms with Gasteiger partial charge in [-0.3, -0.25) is 9.59 Å². The average molecular weight is 531 g/mol. The largest absolute Gasteiger partial charge is 0.507 e. The lowest BCUT2D eigenvalue weighted by Crippen LogP contribution is -2.57. The number of aromatic hydroxyl groups is 1. The second-order valence-electron chi connectivity index (χ2n) is 9.92. The number of nitrogens with zero attached hydrogens (tertiary/aromatic N) is 4. The lowest BCUT2D eigenvalue weighted by Gasteiger charge is -2.41. The van der Waals surface area contributed by atoms with Crippen molar-refractivity contribution in [3.05, 3.63) is 47.3 Å². The molecule has 3 aliphatic rings. The number of hydrogen-bond donors (Lipinski definition) is 1. The van der Waals surface area contributed by atoms with Crippen LogP contribution in [0.2, 0.25) is 5.02 Å². The van der Waals surface area contributed by atoms with Crippen LogP contribution in [0.25, 0.3) is 11.3 Å². The zero-order valence-electron chi connectivity index (χ0n) is 20.7. The Bertz CT molecular complexity index is 1270. The Hall–Kier alpha value is -3.37. The van der Waals surface area contributed by atoms with E-state index in [0.29, 0.717) is 32.8 Å². The summed E-state index contributed by atoms with van der Waals surface area (Å²) in [6.45, 7) is 9.65. The van der Waals surface area contributed by atoms with E-state index in [0.717, 1.165) is 0 Å². The van der Waals surface area contributed by atoms with Crippen molar-refractivity contribution in [3.63, 3.8) is 0 Å². The molecule has 1 aromatic carbocycles. The minimum absolute atomic E-state index is 0.0218. The number of carbonyl (C=O) groups is 2. The van der Waals surface area contributed by atoms with Gasteiger partial charge in [0.15, 0.2) is 5.75 Å². The maximum absolute atomic E-state index is 14.9. The van der Waals surface area contributed by atoms with Gasteiger partial charge in [0.25, 0.3) is 5.91 Å². The second-order valence-corrected chi connectivity index (χ2v) is 10.3. The fourth-order valence-electron chi connectivity index (χ4n) is 5.11. The molecule has 4 heterocycles. The Morgan fingerprint density at radius 3 is 2.78 bits per heavy atom. The van der Waals surface area contributed by atoms with Crippen LogP contribution in [0.4, 0.5) is 10.2 Å². The number of pyridine rings is 1. The average Bonchev–Trinajstić information content (AvgIpc) is 3.00. The smallest absolute Gasteiger partial charge is 0.261 e. The SMILES string of the molecule is C=CC(=O)N1CCN2C(=O)c3c(N4CCOC(C)(C)C4)nc(-c4c(O)cccc4F)c(Cl)c3OCC2C1. The first-order chi connectivity index (χ1) is 17.6. The zero-order valence-corrected chi connectivity index (χ0v) is 21.4. The molecule has 2 saturated heterocycles. The summed E-state index contributed by atoms with van der Waals surface area (Å²) in [5, 5.41) is 10.4. The highest BCUT2D eigenvalue weighted by Crippen LogP contribution is 2.46. The van der Waals surface area contributed by atoms with Gasteiger partial charge in [-0.2, -0.15) is 0 Å². The molecule has 1 unspecified atom stereocenters. The standard InChI is InChI=1S/C26H28ClFN4O5/c1-4-18(34)30-8-9-32-15(12-30)13-36-23-20(25(32)35)24(31-10-11-37-26(2,3)14-31)29-22(21(23)27)19-16(28)6-5-7-17(19)33/h4-7,15,33H,1,8-14H2,2-3H3. The summed E-state index contributed by atoms with van der Waals surface area (Å²) >= 11 is 6.75. The molecule has 1 atom stereocenters. The quantitative estimate of drug-likeness (QED) is 0.609. The second kappa shape index (κ2) is 9.50. The predicted molar refractivity (Wildman–Crippen MR) is 136 cm³/mol.